The van der Waals surface area contributed by atoms with Crippen LogP contribution >= 0.6 is 11.6 Å². The van der Waals surface area contributed by atoms with Crippen LogP contribution in [-0.4, -0.2) is 90.6 Å². The number of pyridine rings is 1. The van der Waals surface area contributed by atoms with Crippen molar-refractivity contribution in [3.63, 3.8) is 0 Å². The maximum absolute atomic E-state index is 17.0. The molecule has 0 saturated carbocycles. The molecule has 8 rings (SSSR count). The average Bonchev–Trinajstić information content (AvgIpc) is 3.65. The number of nitrogens with zero attached hydrogens (tertiary/aromatic N) is 5. The first-order chi connectivity index (χ1) is 22.2. The average molecular weight is 654 g/mol. The molecule has 1 aromatic carbocycles. The molecule has 2 saturated heterocycles. The molecule has 4 aromatic rings. The molecule has 4 atom stereocenters. The number of anilines is 1. The highest BCUT2D eigenvalue weighted by molar-refractivity contribution is 6.30. The number of piperidine rings is 1. The highest BCUT2D eigenvalue weighted by atomic mass is 35.5. The van der Waals surface area contributed by atoms with Gasteiger partial charge in [-0.2, -0.15) is 0 Å². The van der Waals surface area contributed by atoms with Gasteiger partial charge in [0, 0.05) is 49.9 Å². The molecule has 2 fully saturated rings. The van der Waals surface area contributed by atoms with Gasteiger partial charge in [-0.1, -0.05) is 30.7 Å². The van der Waals surface area contributed by atoms with Gasteiger partial charge in [0.15, 0.2) is 11.4 Å². The van der Waals surface area contributed by atoms with Crippen molar-refractivity contribution < 1.29 is 37.3 Å². The van der Waals surface area contributed by atoms with E-state index in [0.717, 1.165) is 5.39 Å². The van der Waals surface area contributed by atoms with Crippen LogP contribution in [0.2, 0.25) is 5.02 Å². The van der Waals surface area contributed by atoms with Gasteiger partial charge in [0.05, 0.1) is 37.5 Å². The van der Waals surface area contributed by atoms with Gasteiger partial charge in [0.25, 0.3) is 0 Å². The Morgan fingerprint density at radius 2 is 2.02 bits per heavy atom. The van der Waals surface area contributed by atoms with E-state index in [1.807, 2.05) is 24.3 Å². The molecule has 0 spiro atoms. The summed E-state index contributed by atoms with van der Waals surface area (Å²) in [6, 6.07) is 8.27. The molecule has 4 aliphatic heterocycles. The number of fused-ring (bicyclic) bond motifs is 11. The first-order valence-electron chi connectivity index (χ1n) is 15.3. The van der Waals surface area contributed by atoms with Crippen molar-refractivity contribution in [2.75, 3.05) is 51.5 Å². The third-order valence-electron chi connectivity index (χ3n) is 9.00. The quantitative estimate of drug-likeness (QED) is 0.262. The second-order valence-electron chi connectivity index (χ2n) is 11.8. The lowest BCUT2D eigenvalue weighted by molar-refractivity contribution is -0.142. The molecule has 0 radical (unpaired) electrons. The monoisotopic (exact) mass is 653 g/mol. The van der Waals surface area contributed by atoms with E-state index in [0.29, 0.717) is 34.7 Å². The van der Waals surface area contributed by atoms with E-state index in [-0.39, 0.29) is 68.8 Å². The highest BCUT2D eigenvalue weighted by Gasteiger charge is 2.48. The summed E-state index contributed by atoms with van der Waals surface area (Å²) >= 11 is 6.33. The van der Waals surface area contributed by atoms with Gasteiger partial charge >= 0.3 is 12.1 Å². The predicted molar refractivity (Wildman–Crippen MR) is 165 cm³/mol. The third kappa shape index (κ3) is 5.45. The van der Waals surface area contributed by atoms with Crippen LogP contribution in [0.3, 0.4) is 0 Å². The lowest BCUT2D eigenvalue weighted by atomic mass is 9.79. The number of hydrogen-bond donors (Lipinski definition) is 0. The van der Waals surface area contributed by atoms with Crippen molar-refractivity contribution in [2.45, 2.75) is 44.0 Å². The minimum Gasteiger partial charge on any atom is -0.472 e. The second kappa shape index (κ2) is 12.2. The number of esters is 1. The zero-order valence-corrected chi connectivity index (χ0v) is 26.2. The molecule has 3 aromatic heterocycles. The lowest BCUT2D eigenvalue weighted by Crippen LogP contribution is -2.49. The van der Waals surface area contributed by atoms with Gasteiger partial charge < -0.3 is 33.2 Å². The highest BCUT2D eigenvalue weighted by Crippen LogP contribution is 2.46. The fraction of sp³-hybridized carbons (Fsp3) is 0.469. The number of carbonyl (C=O) groups excluding carboxylic acids is 2. The first kappa shape index (κ1) is 30.4. The van der Waals surface area contributed by atoms with Crippen LogP contribution in [0.4, 0.5) is 15.0 Å². The van der Waals surface area contributed by atoms with Crippen LogP contribution in [0.15, 0.2) is 40.9 Å². The molecule has 12 nitrogen and oxygen atoms in total. The van der Waals surface area contributed by atoms with Gasteiger partial charge in [-0.25, -0.2) is 28.9 Å². The summed E-state index contributed by atoms with van der Waals surface area (Å²) in [7, 11) is 1.33. The molecule has 6 bridgehead atoms. The number of aromatic nitrogens is 3. The van der Waals surface area contributed by atoms with Crippen LogP contribution in [0.5, 0.6) is 5.88 Å². The zero-order chi connectivity index (χ0) is 32.0. The molecule has 46 heavy (non-hydrogen) atoms. The topological polar surface area (TPSA) is 129 Å². The summed E-state index contributed by atoms with van der Waals surface area (Å²) in [5.74, 6) is -0.134. The van der Waals surface area contributed by atoms with Crippen LogP contribution in [0.25, 0.3) is 22.1 Å². The predicted octanol–water partition coefficient (Wildman–Crippen LogP) is 4.84. The summed E-state index contributed by atoms with van der Waals surface area (Å²) in [4.78, 5) is 43.3. The summed E-state index contributed by atoms with van der Waals surface area (Å²) in [6.07, 6.45) is 0.839. The number of benzene rings is 1. The van der Waals surface area contributed by atoms with Gasteiger partial charge in [0.1, 0.15) is 41.3 Å². The molecule has 1 amide bonds. The minimum absolute atomic E-state index is 0.00647. The maximum atomic E-state index is 17.0. The Labute approximate surface area is 268 Å². The zero-order valence-electron chi connectivity index (χ0n) is 25.4. The van der Waals surface area contributed by atoms with Crippen molar-refractivity contribution in [2.24, 2.45) is 5.92 Å². The van der Waals surface area contributed by atoms with E-state index in [1.165, 1.54) is 24.3 Å². The Hall–Kier alpha value is -4.23. The van der Waals surface area contributed by atoms with E-state index in [2.05, 4.69) is 4.98 Å². The van der Waals surface area contributed by atoms with Gasteiger partial charge in [-0.3, -0.25) is 0 Å². The number of ether oxygens (including phenoxy) is 4. The summed E-state index contributed by atoms with van der Waals surface area (Å²) in [5, 5.41) is 1.05. The van der Waals surface area contributed by atoms with E-state index < -0.39 is 35.8 Å². The van der Waals surface area contributed by atoms with E-state index >= 15 is 4.39 Å². The van der Waals surface area contributed by atoms with Crippen LogP contribution < -0.4 is 9.64 Å². The van der Waals surface area contributed by atoms with Crippen molar-refractivity contribution in [1.82, 2.24) is 19.9 Å². The SMILES string of the molecule is COC(=O)[C@@H]1C[C@H]2CN1c1nc(nc3c1oc1ccccc13)CCOCCOC(=O)N1CC[C@](F)(c3cc(Cl)cnc3O2)[C@@H](C)C1. The number of furan rings is 1. The van der Waals surface area contributed by atoms with Gasteiger partial charge in [-0.05, 0) is 18.2 Å². The Kier molecular flexibility index (Phi) is 8.05. The maximum Gasteiger partial charge on any atom is 0.409 e. The molecular weight excluding hydrogens is 621 g/mol. The fourth-order valence-electron chi connectivity index (χ4n) is 6.60. The van der Waals surface area contributed by atoms with Crippen molar-refractivity contribution in [3.05, 3.63) is 52.9 Å². The summed E-state index contributed by atoms with van der Waals surface area (Å²) < 4.78 is 46.1. The number of alkyl halides is 1. The molecular formula is C32H33ClFN5O7. The second-order valence-corrected chi connectivity index (χ2v) is 12.3. The van der Waals surface area contributed by atoms with E-state index in [1.54, 1.807) is 11.8 Å². The molecule has 0 aliphatic carbocycles. The summed E-state index contributed by atoms with van der Waals surface area (Å²) in [6.45, 7) is 2.66. The molecule has 14 heteroatoms. The first-order valence-corrected chi connectivity index (χ1v) is 15.7. The number of halogens is 2. The van der Waals surface area contributed by atoms with Crippen LogP contribution in [0.1, 0.15) is 31.2 Å². The number of methoxy groups -OCH3 is 1. The fourth-order valence-corrected chi connectivity index (χ4v) is 6.76. The lowest BCUT2D eigenvalue weighted by Gasteiger charge is -2.41. The number of carbonyl (C=O) groups is 2. The van der Waals surface area contributed by atoms with E-state index in [4.69, 9.17) is 44.9 Å². The minimum atomic E-state index is -1.89. The number of hydrogen-bond acceptors (Lipinski definition) is 11. The number of amides is 1. The molecule has 4 aliphatic rings. The van der Waals surface area contributed by atoms with Crippen LogP contribution in [-0.2, 0) is 31.1 Å². The smallest absolute Gasteiger partial charge is 0.409 e. The van der Waals surface area contributed by atoms with Crippen molar-refractivity contribution in [3.8, 4) is 5.88 Å². The Balaban J connectivity index is 1.32. The number of para-hydroxylation sites is 1. The summed E-state index contributed by atoms with van der Waals surface area (Å²) in [5.41, 5.74) is -0.0581. The van der Waals surface area contributed by atoms with Crippen molar-refractivity contribution >= 4 is 51.6 Å². The molecule has 7 heterocycles. The van der Waals surface area contributed by atoms with Gasteiger partial charge in [0.2, 0.25) is 5.88 Å². The molecule has 242 valence electrons. The Bertz CT molecular complexity index is 1810. The number of rotatable bonds is 1. The standard InChI is InChI=1S/C32H33ClFN5O7/c1-18-16-38-9-8-32(18,34)22-13-19(33)15-35-29(22)45-20-14-23(30(40)42-2)39(17-20)28-27-26(21-5-3-4-6-24(21)46-27)36-25(37-28)7-10-43-11-12-44-31(38)41/h3-6,13,15,18,20,23H,7-12,14,16-17H2,1-2H3/t18-,20-,23-,32+/m0/s1. The Morgan fingerprint density at radius 3 is 2.85 bits per heavy atom. The Morgan fingerprint density at radius 1 is 1.17 bits per heavy atom. The molecule has 0 unspecified atom stereocenters. The molecule has 0 N–H and O–H groups in total. The van der Waals surface area contributed by atoms with Crippen LogP contribution in [0, 0.1) is 5.92 Å². The van der Waals surface area contributed by atoms with E-state index in [9.17, 15) is 9.59 Å². The third-order valence-corrected chi connectivity index (χ3v) is 9.21. The largest absolute Gasteiger partial charge is 0.472 e. The van der Waals surface area contributed by atoms with Gasteiger partial charge in [-0.15, -0.1) is 0 Å². The normalized spacial score (nSPS) is 25.7. The van der Waals surface area contributed by atoms with Crippen molar-refractivity contribution in [1.29, 1.82) is 0 Å².